The van der Waals surface area contributed by atoms with Crippen molar-refractivity contribution in [2.24, 2.45) is 0 Å². The summed E-state index contributed by atoms with van der Waals surface area (Å²) >= 11 is 0. The van der Waals surface area contributed by atoms with E-state index in [1.165, 1.54) is 42.5 Å². The van der Waals surface area contributed by atoms with E-state index >= 15 is 0 Å². The molecule has 30 heavy (non-hydrogen) atoms. The lowest BCUT2D eigenvalue weighted by atomic mass is 10.0. The highest BCUT2D eigenvalue weighted by Crippen LogP contribution is 2.27. The molecular formula is C23H15NO6. The zero-order valence-electron chi connectivity index (χ0n) is 15.8. The Morgan fingerprint density at radius 2 is 1.70 bits per heavy atom. The van der Waals surface area contributed by atoms with Gasteiger partial charge in [-0.1, -0.05) is 42.5 Å². The number of rotatable bonds is 4. The molecule has 0 aliphatic carbocycles. The van der Waals surface area contributed by atoms with Crippen LogP contribution in [0.5, 0.6) is 5.75 Å². The van der Waals surface area contributed by atoms with Gasteiger partial charge in [-0.15, -0.1) is 0 Å². The van der Waals surface area contributed by atoms with Crippen molar-refractivity contribution in [3.8, 4) is 16.9 Å². The lowest BCUT2D eigenvalue weighted by Crippen LogP contribution is -2.11. The fourth-order valence-electron chi connectivity index (χ4n) is 3.26. The molecule has 7 nitrogen and oxygen atoms in total. The number of hydrogen-bond acceptors (Lipinski definition) is 6. The number of carbonyl (C=O) groups excluding carboxylic acids is 1. The molecule has 0 N–H and O–H groups in total. The summed E-state index contributed by atoms with van der Waals surface area (Å²) in [5, 5.41) is 11.5. The van der Waals surface area contributed by atoms with E-state index < -0.39 is 10.9 Å². The molecule has 0 radical (unpaired) electrons. The van der Waals surface area contributed by atoms with Gasteiger partial charge in [0.15, 0.2) is 0 Å². The molecule has 0 spiro atoms. The number of nitro benzene ring substituents is 1. The summed E-state index contributed by atoms with van der Waals surface area (Å²) in [6.45, 7) is 1.69. The van der Waals surface area contributed by atoms with Crippen LogP contribution in [0, 0.1) is 17.0 Å². The maximum Gasteiger partial charge on any atom is 0.350 e. The summed E-state index contributed by atoms with van der Waals surface area (Å²) in [7, 11) is 0. The van der Waals surface area contributed by atoms with E-state index in [-0.39, 0.29) is 28.0 Å². The molecule has 1 heterocycles. The van der Waals surface area contributed by atoms with E-state index in [0.717, 1.165) is 5.56 Å². The largest absolute Gasteiger partial charge is 0.460 e. The molecule has 0 aliphatic heterocycles. The standard InChI is InChI=1S/C23H15NO6/c1-14-21(15-7-3-2-4-8-15)22(25)18-12-11-16(13-20(18)29-14)30-23(26)17-9-5-6-10-19(17)24(27)28/h2-13H,1H3. The van der Waals surface area contributed by atoms with Crippen LogP contribution in [0.4, 0.5) is 5.69 Å². The van der Waals surface area contributed by atoms with Gasteiger partial charge in [-0.05, 0) is 30.7 Å². The number of aryl methyl sites for hydroxylation is 1. The monoisotopic (exact) mass is 401 g/mol. The first-order valence-corrected chi connectivity index (χ1v) is 9.04. The van der Waals surface area contributed by atoms with Crippen LogP contribution in [0.1, 0.15) is 16.1 Å². The van der Waals surface area contributed by atoms with Crippen LogP contribution in [0.2, 0.25) is 0 Å². The molecule has 3 aromatic carbocycles. The molecule has 0 atom stereocenters. The average molecular weight is 401 g/mol. The van der Waals surface area contributed by atoms with E-state index in [1.54, 1.807) is 6.92 Å². The quantitative estimate of drug-likeness (QED) is 0.209. The predicted molar refractivity (Wildman–Crippen MR) is 111 cm³/mol. The Hall–Kier alpha value is -4.26. The molecule has 4 aromatic rings. The van der Waals surface area contributed by atoms with Crippen molar-refractivity contribution in [1.82, 2.24) is 0 Å². The van der Waals surface area contributed by atoms with Crippen LogP contribution in [0.15, 0.2) is 82.0 Å². The molecule has 0 bridgehead atoms. The van der Waals surface area contributed by atoms with E-state index in [1.807, 2.05) is 30.3 Å². The lowest BCUT2D eigenvalue weighted by molar-refractivity contribution is -0.385. The van der Waals surface area contributed by atoms with Crippen molar-refractivity contribution in [2.75, 3.05) is 0 Å². The second kappa shape index (κ2) is 7.63. The van der Waals surface area contributed by atoms with Gasteiger partial charge in [0.2, 0.25) is 5.43 Å². The molecule has 0 amide bonds. The maximum atomic E-state index is 13.0. The van der Waals surface area contributed by atoms with Crippen molar-refractivity contribution in [2.45, 2.75) is 6.92 Å². The van der Waals surface area contributed by atoms with Gasteiger partial charge in [-0.3, -0.25) is 14.9 Å². The van der Waals surface area contributed by atoms with Gasteiger partial charge in [0, 0.05) is 12.1 Å². The Labute approximate surface area is 170 Å². The lowest BCUT2D eigenvalue weighted by Gasteiger charge is -2.09. The fraction of sp³-hybridized carbons (Fsp3) is 0.0435. The molecule has 0 saturated heterocycles. The summed E-state index contributed by atoms with van der Waals surface area (Å²) < 4.78 is 11.1. The first-order valence-electron chi connectivity index (χ1n) is 9.04. The van der Waals surface area contributed by atoms with Crippen molar-refractivity contribution >= 4 is 22.6 Å². The van der Waals surface area contributed by atoms with E-state index in [2.05, 4.69) is 0 Å². The minimum atomic E-state index is -0.873. The van der Waals surface area contributed by atoms with Gasteiger partial charge in [0.1, 0.15) is 22.7 Å². The second-order valence-corrected chi connectivity index (χ2v) is 6.55. The van der Waals surface area contributed by atoms with Crippen LogP contribution in [-0.4, -0.2) is 10.9 Å². The number of nitro groups is 1. The van der Waals surface area contributed by atoms with Crippen LogP contribution in [0.3, 0.4) is 0 Å². The Balaban J connectivity index is 1.72. The van der Waals surface area contributed by atoms with Crippen molar-refractivity contribution in [1.29, 1.82) is 0 Å². The van der Waals surface area contributed by atoms with E-state index in [4.69, 9.17) is 9.15 Å². The number of esters is 1. The van der Waals surface area contributed by atoms with Crippen molar-refractivity contribution < 1.29 is 18.9 Å². The van der Waals surface area contributed by atoms with Gasteiger partial charge in [0.25, 0.3) is 5.69 Å². The molecule has 7 heteroatoms. The first kappa shape index (κ1) is 19.1. The van der Waals surface area contributed by atoms with Crippen LogP contribution in [-0.2, 0) is 0 Å². The summed E-state index contributed by atoms with van der Waals surface area (Å²) in [5.74, 6) is -0.330. The van der Waals surface area contributed by atoms with Gasteiger partial charge in [-0.2, -0.15) is 0 Å². The number of ether oxygens (including phenoxy) is 1. The van der Waals surface area contributed by atoms with Crippen molar-refractivity contribution in [3.05, 3.63) is 104 Å². The zero-order chi connectivity index (χ0) is 21.3. The SMILES string of the molecule is Cc1oc2cc(OC(=O)c3ccccc3[N+](=O)[O-])ccc2c(=O)c1-c1ccccc1. The van der Waals surface area contributed by atoms with Crippen LogP contribution in [0.25, 0.3) is 22.1 Å². The minimum absolute atomic E-state index is 0.112. The Kier molecular flexibility index (Phi) is 4.85. The number of para-hydroxylation sites is 1. The third kappa shape index (κ3) is 3.44. The van der Waals surface area contributed by atoms with Gasteiger partial charge >= 0.3 is 5.97 Å². The van der Waals surface area contributed by atoms with E-state index in [9.17, 15) is 19.7 Å². The Morgan fingerprint density at radius 1 is 1.00 bits per heavy atom. The maximum absolute atomic E-state index is 13.0. The summed E-state index contributed by atoms with van der Waals surface area (Å²) in [6, 6.07) is 19.1. The highest BCUT2D eigenvalue weighted by atomic mass is 16.6. The molecule has 0 aliphatic rings. The molecule has 1 aromatic heterocycles. The highest BCUT2D eigenvalue weighted by Gasteiger charge is 2.21. The van der Waals surface area contributed by atoms with E-state index in [0.29, 0.717) is 16.7 Å². The molecular weight excluding hydrogens is 386 g/mol. The number of fused-ring (bicyclic) bond motifs is 1. The molecule has 0 fully saturated rings. The fourth-order valence-corrected chi connectivity index (χ4v) is 3.26. The number of carbonyl (C=O) groups is 1. The predicted octanol–water partition coefficient (Wildman–Crippen LogP) is 4.90. The number of hydrogen-bond donors (Lipinski definition) is 0. The smallest absolute Gasteiger partial charge is 0.350 e. The highest BCUT2D eigenvalue weighted by molar-refractivity contribution is 5.95. The van der Waals surface area contributed by atoms with Crippen molar-refractivity contribution in [3.63, 3.8) is 0 Å². The molecule has 4 rings (SSSR count). The second-order valence-electron chi connectivity index (χ2n) is 6.55. The van der Waals surface area contributed by atoms with Crippen LogP contribution < -0.4 is 10.2 Å². The number of benzene rings is 3. The first-order chi connectivity index (χ1) is 14.5. The summed E-state index contributed by atoms with van der Waals surface area (Å²) in [5.41, 5.74) is 0.754. The average Bonchev–Trinajstić information content (AvgIpc) is 2.74. The molecule has 0 saturated carbocycles. The summed E-state index contributed by atoms with van der Waals surface area (Å²) in [4.78, 5) is 35.9. The summed E-state index contributed by atoms with van der Waals surface area (Å²) in [6.07, 6.45) is 0. The Morgan fingerprint density at radius 3 is 2.43 bits per heavy atom. The van der Waals surface area contributed by atoms with Gasteiger partial charge in [-0.25, -0.2) is 4.79 Å². The topological polar surface area (TPSA) is 99.7 Å². The normalized spacial score (nSPS) is 10.7. The number of nitrogens with zero attached hydrogens (tertiary/aromatic N) is 1. The zero-order valence-corrected chi connectivity index (χ0v) is 15.8. The minimum Gasteiger partial charge on any atom is -0.460 e. The third-order valence-electron chi connectivity index (χ3n) is 4.63. The van der Waals surface area contributed by atoms with Gasteiger partial charge < -0.3 is 9.15 Å². The van der Waals surface area contributed by atoms with Crippen LogP contribution >= 0.6 is 0 Å². The molecule has 0 unspecified atom stereocenters. The third-order valence-corrected chi connectivity index (χ3v) is 4.63. The Bertz CT molecular complexity index is 1340. The van der Waals surface area contributed by atoms with Gasteiger partial charge in [0.05, 0.1) is 15.9 Å². The molecule has 148 valence electrons.